The molecule has 1 aliphatic heterocycles. The number of hydrogen-bond acceptors (Lipinski definition) is 4. The van der Waals surface area contributed by atoms with Crippen LogP contribution in [-0.4, -0.2) is 49.5 Å². The van der Waals surface area contributed by atoms with Crippen LogP contribution in [0.4, 0.5) is 11.4 Å². The fourth-order valence-corrected chi connectivity index (χ4v) is 4.08. The minimum absolute atomic E-state index is 0.191. The topological polar surface area (TPSA) is 61.9 Å². The number of rotatable bonds is 7. The predicted molar refractivity (Wildman–Crippen MR) is 130 cm³/mol. The van der Waals surface area contributed by atoms with Gasteiger partial charge in [0, 0.05) is 43.2 Å². The number of nitrogens with zero attached hydrogens (tertiary/aromatic N) is 2. The van der Waals surface area contributed by atoms with Gasteiger partial charge in [-0.15, -0.1) is 0 Å². The molecule has 1 aliphatic rings. The number of carbonyl (C=O) groups is 2. The number of carbonyl (C=O) groups excluding carboxylic acids is 2. The normalized spacial score (nSPS) is 13.9. The minimum Gasteiger partial charge on any atom is -0.492 e. The van der Waals surface area contributed by atoms with Crippen LogP contribution in [0.15, 0.2) is 36.4 Å². The highest BCUT2D eigenvalue weighted by atomic mass is 35.5. The van der Waals surface area contributed by atoms with Crippen molar-refractivity contribution < 1.29 is 14.3 Å². The van der Waals surface area contributed by atoms with Crippen LogP contribution in [0.5, 0.6) is 5.75 Å². The van der Waals surface area contributed by atoms with E-state index in [4.69, 9.17) is 27.9 Å². The molecule has 0 atom stereocenters. The van der Waals surface area contributed by atoms with E-state index in [2.05, 4.69) is 10.2 Å². The molecule has 0 aromatic heterocycles. The molecule has 0 radical (unpaired) electrons. The quantitative estimate of drug-likeness (QED) is 0.584. The van der Waals surface area contributed by atoms with Crippen molar-refractivity contribution in [1.82, 2.24) is 4.90 Å². The lowest BCUT2D eigenvalue weighted by Gasteiger charge is -2.37. The molecule has 1 N–H and O–H groups in total. The Bertz CT molecular complexity index is 973. The molecular formula is C24H29Cl2N3O3. The zero-order valence-corrected chi connectivity index (χ0v) is 20.2. The third-order valence-electron chi connectivity index (χ3n) is 5.26. The van der Waals surface area contributed by atoms with Gasteiger partial charge in [0.1, 0.15) is 5.75 Å². The van der Waals surface area contributed by atoms with E-state index in [0.717, 1.165) is 5.69 Å². The number of halogens is 2. The number of anilines is 2. The van der Waals surface area contributed by atoms with Crippen molar-refractivity contribution in [2.24, 2.45) is 5.92 Å². The second-order valence-electron chi connectivity index (χ2n) is 8.16. The molecule has 8 heteroatoms. The highest BCUT2D eigenvalue weighted by molar-refractivity contribution is 6.32. The van der Waals surface area contributed by atoms with Crippen LogP contribution >= 0.6 is 23.2 Å². The van der Waals surface area contributed by atoms with Gasteiger partial charge in [-0.2, -0.15) is 0 Å². The van der Waals surface area contributed by atoms with Gasteiger partial charge in [-0.25, -0.2) is 0 Å². The zero-order valence-electron chi connectivity index (χ0n) is 18.7. The Morgan fingerprint density at radius 2 is 1.78 bits per heavy atom. The standard InChI is InChI=1S/C24H29Cl2N3O3/c1-4-32-22-8-5-17(14-19(22)26)24(31)27-20-15-18(25)6-7-21(20)28-9-11-29(12-10-28)23(30)13-16(2)3/h5-8,14-16H,4,9-13H2,1-3H3,(H,27,31). The summed E-state index contributed by atoms with van der Waals surface area (Å²) in [5.74, 6) is 0.787. The van der Waals surface area contributed by atoms with E-state index >= 15 is 0 Å². The molecule has 0 aliphatic carbocycles. The third-order valence-corrected chi connectivity index (χ3v) is 5.79. The monoisotopic (exact) mass is 477 g/mol. The van der Waals surface area contributed by atoms with Crippen molar-refractivity contribution in [3.05, 3.63) is 52.0 Å². The van der Waals surface area contributed by atoms with E-state index in [1.54, 1.807) is 30.3 Å². The molecule has 2 aromatic carbocycles. The molecule has 1 fully saturated rings. The van der Waals surface area contributed by atoms with E-state index in [0.29, 0.717) is 72.2 Å². The number of benzene rings is 2. The number of ether oxygens (including phenoxy) is 1. The van der Waals surface area contributed by atoms with Gasteiger partial charge in [-0.05, 0) is 49.2 Å². The van der Waals surface area contributed by atoms with Gasteiger partial charge < -0.3 is 19.9 Å². The molecule has 1 saturated heterocycles. The van der Waals surface area contributed by atoms with E-state index in [-0.39, 0.29) is 11.8 Å². The largest absolute Gasteiger partial charge is 0.492 e. The summed E-state index contributed by atoms with van der Waals surface area (Å²) in [6.07, 6.45) is 0.562. The molecule has 32 heavy (non-hydrogen) atoms. The van der Waals surface area contributed by atoms with Crippen molar-refractivity contribution in [2.75, 3.05) is 43.0 Å². The Morgan fingerprint density at radius 3 is 2.41 bits per heavy atom. The van der Waals surface area contributed by atoms with Crippen molar-refractivity contribution in [2.45, 2.75) is 27.2 Å². The first-order valence-electron chi connectivity index (χ1n) is 10.8. The maximum atomic E-state index is 12.9. The van der Waals surface area contributed by atoms with Gasteiger partial charge in [0.2, 0.25) is 5.91 Å². The second kappa shape index (κ2) is 10.9. The molecule has 6 nitrogen and oxygen atoms in total. The van der Waals surface area contributed by atoms with E-state index in [1.807, 2.05) is 31.7 Å². The summed E-state index contributed by atoms with van der Waals surface area (Å²) in [5.41, 5.74) is 1.92. The van der Waals surface area contributed by atoms with Gasteiger partial charge in [0.05, 0.1) is 23.0 Å². The van der Waals surface area contributed by atoms with Crippen LogP contribution in [-0.2, 0) is 4.79 Å². The summed E-state index contributed by atoms with van der Waals surface area (Å²) in [7, 11) is 0. The third kappa shape index (κ3) is 6.08. The van der Waals surface area contributed by atoms with Crippen molar-refractivity contribution >= 4 is 46.4 Å². The molecule has 0 spiro atoms. The van der Waals surface area contributed by atoms with E-state index in [1.165, 1.54) is 0 Å². The molecule has 1 heterocycles. The molecule has 2 amide bonds. The number of nitrogens with one attached hydrogen (secondary N) is 1. The van der Waals surface area contributed by atoms with Crippen LogP contribution in [0.2, 0.25) is 10.0 Å². The summed E-state index contributed by atoms with van der Waals surface area (Å²) >= 11 is 12.5. The Labute approximate surface area is 199 Å². The molecule has 172 valence electrons. The molecule has 0 unspecified atom stereocenters. The first-order chi connectivity index (χ1) is 15.3. The fourth-order valence-electron chi connectivity index (χ4n) is 3.67. The van der Waals surface area contributed by atoms with Crippen molar-refractivity contribution in [1.29, 1.82) is 0 Å². The molecule has 3 rings (SSSR count). The summed E-state index contributed by atoms with van der Waals surface area (Å²) < 4.78 is 5.43. The highest BCUT2D eigenvalue weighted by Gasteiger charge is 2.24. The summed E-state index contributed by atoms with van der Waals surface area (Å²) in [5, 5.41) is 3.87. The first kappa shape index (κ1) is 24.2. The Kier molecular flexibility index (Phi) is 8.26. The smallest absolute Gasteiger partial charge is 0.255 e. The van der Waals surface area contributed by atoms with Gasteiger partial charge in [0.15, 0.2) is 0 Å². The minimum atomic E-state index is -0.288. The number of piperazine rings is 1. The maximum Gasteiger partial charge on any atom is 0.255 e. The van der Waals surface area contributed by atoms with Gasteiger partial charge >= 0.3 is 0 Å². The van der Waals surface area contributed by atoms with Gasteiger partial charge in [-0.1, -0.05) is 37.0 Å². The van der Waals surface area contributed by atoms with Crippen LogP contribution in [0.25, 0.3) is 0 Å². The average Bonchev–Trinajstić information content (AvgIpc) is 2.75. The number of amides is 2. The molecule has 0 saturated carbocycles. The van der Waals surface area contributed by atoms with Gasteiger partial charge in [0.25, 0.3) is 5.91 Å². The maximum absolute atomic E-state index is 12.9. The first-order valence-corrected chi connectivity index (χ1v) is 11.6. The van der Waals surface area contributed by atoms with E-state index < -0.39 is 0 Å². The SMILES string of the molecule is CCOc1ccc(C(=O)Nc2cc(Cl)ccc2N2CCN(C(=O)CC(C)C)CC2)cc1Cl. The van der Waals surface area contributed by atoms with Crippen LogP contribution in [0, 0.1) is 5.92 Å². The predicted octanol–water partition coefficient (Wildman–Crippen LogP) is 5.34. The Hall–Kier alpha value is -2.44. The lowest BCUT2D eigenvalue weighted by atomic mass is 10.1. The summed E-state index contributed by atoms with van der Waals surface area (Å²) in [4.78, 5) is 29.3. The van der Waals surface area contributed by atoms with Crippen LogP contribution < -0.4 is 15.0 Å². The Balaban J connectivity index is 1.73. The van der Waals surface area contributed by atoms with Crippen LogP contribution in [0.3, 0.4) is 0 Å². The zero-order chi connectivity index (χ0) is 23.3. The average molecular weight is 478 g/mol. The van der Waals surface area contributed by atoms with Crippen molar-refractivity contribution in [3.8, 4) is 5.75 Å². The van der Waals surface area contributed by atoms with Gasteiger partial charge in [-0.3, -0.25) is 9.59 Å². The van der Waals surface area contributed by atoms with Crippen LogP contribution in [0.1, 0.15) is 37.6 Å². The number of hydrogen-bond donors (Lipinski definition) is 1. The lowest BCUT2D eigenvalue weighted by Crippen LogP contribution is -2.49. The lowest BCUT2D eigenvalue weighted by molar-refractivity contribution is -0.132. The molecular weight excluding hydrogens is 449 g/mol. The summed E-state index contributed by atoms with van der Waals surface area (Å²) in [6.45, 7) is 9.13. The molecule has 0 bridgehead atoms. The van der Waals surface area contributed by atoms with Crippen molar-refractivity contribution in [3.63, 3.8) is 0 Å². The Morgan fingerprint density at radius 1 is 1.06 bits per heavy atom. The van der Waals surface area contributed by atoms with E-state index in [9.17, 15) is 9.59 Å². The fraction of sp³-hybridized carbons (Fsp3) is 0.417. The summed E-state index contributed by atoms with van der Waals surface area (Å²) in [6, 6.07) is 10.4. The molecule has 2 aromatic rings. The second-order valence-corrected chi connectivity index (χ2v) is 9.00. The highest BCUT2D eigenvalue weighted by Crippen LogP contribution is 2.31.